The summed E-state index contributed by atoms with van der Waals surface area (Å²) in [5, 5.41) is 13.5. The number of nitrogens with zero attached hydrogens (tertiary/aromatic N) is 3. The van der Waals surface area contributed by atoms with E-state index in [-0.39, 0.29) is 42.0 Å². The summed E-state index contributed by atoms with van der Waals surface area (Å²) in [6, 6.07) is 11.0. The van der Waals surface area contributed by atoms with Crippen LogP contribution in [-0.4, -0.2) is 77.9 Å². The van der Waals surface area contributed by atoms with E-state index in [1.54, 1.807) is 7.11 Å². The molecular formula is C28H38N4O4. The Kier molecular flexibility index (Phi) is 7.46. The number of rotatable bonds is 8. The van der Waals surface area contributed by atoms with Crippen molar-refractivity contribution in [3.8, 4) is 16.9 Å². The van der Waals surface area contributed by atoms with Gasteiger partial charge in [0.05, 0.1) is 19.2 Å². The fraction of sp³-hybridized carbons (Fsp3) is 0.571. The van der Waals surface area contributed by atoms with Crippen molar-refractivity contribution in [1.82, 2.24) is 19.7 Å². The first-order chi connectivity index (χ1) is 17.6. The van der Waals surface area contributed by atoms with Gasteiger partial charge in [0.15, 0.2) is 0 Å². The smallest absolute Gasteiger partial charge is 0.258 e. The van der Waals surface area contributed by atoms with Crippen molar-refractivity contribution in [2.45, 2.75) is 44.8 Å². The molecule has 8 nitrogen and oxygen atoms in total. The number of fused-ring (bicyclic) bond motifs is 3. The summed E-state index contributed by atoms with van der Waals surface area (Å²) < 4.78 is 7.10. The van der Waals surface area contributed by atoms with Crippen molar-refractivity contribution in [3.05, 3.63) is 52.4 Å². The van der Waals surface area contributed by atoms with E-state index < -0.39 is 0 Å². The van der Waals surface area contributed by atoms with Crippen molar-refractivity contribution >= 4 is 5.91 Å². The second-order valence-corrected chi connectivity index (χ2v) is 10.2. The molecule has 194 valence electrons. The van der Waals surface area contributed by atoms with Crippen LogP contribution in [0.15, 0.2) is 41.2 Å². The SMILES string of the molecule is CCN1[C@@H]2c3ccc(-c4ccc(OC)cc4)c(=O)n3C[C@@H]2[C@@H](CO)[C@@H]1C(=O)NCCN1CCCCC1. The van der Waals surface area contributed by atoms with Gasteiger partial charge >= 0.3 is 0 Å². The Labute approximate surface area is 212 Å². The summed E-state index contributed by atoms with van der Waals surface area (Å²) in [4.78, 5) is 31.5. The van der Waals surface area contributed by atoms with Gasteiger partial charge in [-0.15, -0.1) is 0 Å². The third kappa shape index (κ3) is 4.46. The number of carbonyl (C=O) groups is 1. The number of nitrogens with one attached hydrogen (secondary N) is 1. The number of amides is 1. The minimum Gasteiger partial charge on any atom is -0.497 e. The summed E-state index contributed by atoms with van der Waals surface area (Å²) >= 11 is 0. The Bertz CT molecular complexity index is 1130. The largest absolute Gasteiger partial charge is 0.497 e. The fourth-order valence-electron chi connectivity index (χ4n) is 6.60. The Morgan fingerprint density at radius 2 is 1.86 bits per heavy atom. The van der Waals surface area contributed by atoms with Crippen LogP contribution >= 0.6 is 0 Å². The van der Waals surface area contributed by atoms with Crippen LogP contribution in [0.25, 0.3) is 11.1 Å². The summed E-state index contributed by atoms with van der Waals surface area (Å²) in [6.45, 7) is 6.88. The number of hydrogen-bond acceptors (Lipinski definition) is 6. The summed E-state index contributed by atoms with van der Waals surface area (Å²) in [6.07, 6.45) is 3.76. The zero-order chi connectivity index (χ0) is 25.2. The van der Waals surface area contributed by atoms with Gasteiger partial charge in [-0.25, -0.2) is 0 Å². The number of aliphatic hydroxyl groups excluding tert-OH is 1. The second-order valence-electron chi connectivity index (χ2n) is 10.2. The minimum absolute atomic E-state index is 0.00828. The number of methoxy groups -OCH3 is 1. The zero-order valence-electron chi connectivity index (χ0n) is 21.4. The van der Waals surface area contributed by atoms with Gasteiger partial charge in [-0.1, -0.05) is 25.5 Å². The summed E-state index contributed by atoms with van der Waals surface area (Å²) in [7, 11) is 1.62. The lowest BCUT2D eigenvalue weighted by atomic mass is 9.88. The van der Waals surface area contributed by atoms with E-state index in [0.29, 0.717) is 25.2 Å². The first kappa shape index (κ1) is 25.0. The molecule has 1 amide bonds. The number of hydrogen-bond donors (Lipinski definition) is 2. The highest BCUT2D eigenvalue weighted by atomic mass is 16.5. The topological polar surface area (TPSA) is 87.0 Å². The van der Waals surface area contributed by atoms with E-state index in [4.69, 9.17) is 4.74 Å². The molecular weight excluding hydrogens is 456 g/mol. The number of pyridine rings is 1. The molecule has 1 aromatic carbocycles. The fourth-order valence-corrected chi connectivity index (χ4v) is 6.60. The van der Waals surface area contributed by atoms with Crippen molar-refractivity contribution in [3.63, 3.8) is 0 Å². The molecule has 2 N–H and O–H groups in total. The van der Waals surface area contributed by atoms with Gasteiger partial charge in [0.2, 0.25) is 5.91 Å². The van der Waals surface area contributed by atoms with Crippen LogP contribution in [0.4, 0.5) is 0 Å². The number of benzene rings is 1. The van der Waals surface area contributed by atoms with Crippen molar-refractivity contribution in [2.24, 2.45) is 11.8 Å². The van der Waals surface area contributed by atoms with Crippen molar-refractivity contribution in [1.29, 1.82) is 0 Å². The second kappa shape index (κ2) is 10.7. The van der Waals surface area contributed by atoms with Crippen LogP contribution in [0.2, 0.25) is 0 Å². The van der Waals surface area contributed by atoms with Crippen LogP contribution in [0.3, 0.4) is 0 Å². The van der Waals surface area contributed by atoms with Gasteiger partial charge in [0.25, 0.3) is 5.56 Å². The maximum absolute atomic E-state index is 13.5. The average Bonchev–Trinajstić information content (AvgIpc) is 3.44. The van der Waals surface area contributed by atoms with Gasteiger partial charge in [0, 0.05) is 49.3 Å². The van der Waals surface area contributed by atoms with E-state index in [9.17, 15) is 14.7 Å². The molecule has 0 radical (unpaired) electrons. The molecule has 0 bridgehead atoms. The maximum atomic E-state index is 13.5. The molecule has 0 unspecified atom stereocenters. The predicted octanol–water partition coefficient (Wildman–Crippen LogP) is 2.11. The third-order valence-electron chi connectivity index (χ3n) is 8.40. The molecule has 3 aliphatic rings. The Morgan fingerprint density at radius 3 is 2.53 bits per heavy atom. The molecule has 3 aliphatic heterocycles. The first-order valence-electron chi connectivity index (χ1n) is 13.3. The zero-order valence-corrected chi connectivity index (χ0v) is 21.4. The van der Waals surface area contributed by atoms with Crippen LogP contribution < -0.4 is 15.6 Å². The van der Waals surface area contributed by atoms with Crippen LogP contribution in [0.5, 0.6) is 5.75 Å². The molecule has 8 heteroatoms. The van der Waals surface area contributed by atoms with E-state index in [1.165, 1.54) is 19.3 Å². The molecule has 4 heterocycles. The van der Waals surface area contributed by atoms with Crippen molar-refractivity contribution < 1.29 is 14.6 Å². The van der Waals surface area contributed by atoms with Crippen LogP contribution in [0, 0.1) is 11.8 Å². The van der Waals surface area contributed by atoms with Crippen LogP contribution in [0.1, 0.15) is 37.9 Å². The standard InChI is InChI=1S/C28H38N4O4/c1-3-31-25-22(23(18-33)26(31)27(34)29-13-16-30-14-5-4-6-15-30)17-32-24(25)12-11-21(28(32)35)19-7-9-20(36-2)10-8-19/h7-12,22-23,25-26,33H,3-6,13-18H2,1-2H3,(H,29,34)/t22-,23-,25+,26-/m1/s1. The molecule has 0 spiro atoms. The van der Waals surface area contributed by atoms with E-state index >= 15 is 0 Å². The Balaban J connectivity index is 1.35. The first-order valence-corrected chi connectivity index (χ1v) is 13.3. The summed E-state index contributed by atoms with van der Waals surface area (Å²) in [5.41, 5.74) is 2.41. The number of likely N-dealkylation sites (N-methyl/N-ethyl adjacent to an activating group) is 1. The predicted molar refractivity (Wildman–Crippen MR) is 139 cm³/mol. The van der Waals surface area contributed by atoms with Gasteiger partial charge in [0.1, 0.15) is 5.75 Å². The Morgan fingerprint density at radius 1 is 1.11 bits per heavy atom. The lowest BCUT2D eigenvalue weighted by Gasteiger charge is -2.30. The number of piperidine rings is 1. The highest BCUT2D eigenvalue weighted by Gasteiger charge is 2.54. The lowest BCUT2D eigenvalue weighted by Crippen LogP contribution is -2.49. The molecule has 2 fully saturated rings. The van der Waals surface area contributed by atoms with E-state index in [2.05, 4.69) is 22.0 Å². The Hall–Kier alpha value is -2.68. The highest BCUT2D eigenvalue weighted by Crippen LogP contribution is 2.49. The lowest BCUT2D eigenvalue weighted by molar-refractivity contribution is -0.127. The molecule has 0 aliphatic carbocycles. The van der Waals surface area contributed by atoms with Gasteiger partial charge in [-0.05, 0) is 62.3 Å². The average molecular weight is 495 g/mol. The number of aromatic nitrogens is 1. The third-order valence-corrected chi connectivity index (χ3v) is 8.40. The molecule has 0 saturated carbocycles. The van der Waals surface area contributed by atoms with Gasteiger partial charge in [-0.3, -0.25) is 14.5 Å². The number of ether oxygens (including phenoxy) is 1. The summed E-state index contributed by atoms with van der Waals surface area (Å²) in [5.74, 6) is 0.547. The molecule has 2 aromatic rings. The van der Waals surface area contributed by atoms with E-state index in [1.807, 2.05) is 41.0 Å². The molecule has 1 aromatic heterocycles. The van der Waals surface area contributed by atoms with Gasteiger partial charge < -0.3 is 24.6 Å². The molecule has 5 rings (SSSR count). The highest BCUT2D eigenvalue weighted by molar-refractivity contribution is 5.82. The monoisotopic (exact) mass is 494 g/mol. The van der Waals surface area contributed by atoms with E-state index in [0.717, 1.165) is 36.6 Å². The molecule has 4 atom stereocenters. The van der Waals surface area contributed by atoms with Gasteiger partial charge in [-0.2, -0.15) is 0 Å². The quantitative estimate of drug-likeness (QED) is 0.585. The molecule has 2 saturated heterocycles. The number of carbonyl (C=O) groups excluding carboxylic acids is 1. The van der Waals surface area contributed by atoms with Crippen LogP contribution in [-0.2, 0) is 11.3 Å². The maximum Gasteiger partial charge on any atom is 0.258 e. The number of aliphatic hydroxyl groups is 1. The minimum atomic E-state index is -0.388. The van der Waals surface area contributed by atoms with Crippen molar-refractivity contribution in [2.75, 3.05) is 46.4 Å². The molecule has 36 heavy (non-hydrogen) atoms. The normalized spacial score (nSPS) is 26.0. The number of likely N-dealkylation sites (tertiary alicyclic amines) is 2.